The van der Waals surface area contributed by atoms with Crippen LogP contribution in [0.3, 0.4) is 0 Å². The molecule has 6 heteroatoms. The highest BCUT2D eigenvalue weighted by molar-refractivity contribution is 5.89. The van der Waals surface area contributed by atoms with Crippen LogP contribution in [0, 0.1) is 0 Å². The first-order valence-corrected chi connectivity index (χ1v) is 7.35. The van der Waals surface area contributed by atoms with Crippen LogP contribution in [-0.4, -0.2) is 56.0 Å². The van der Waals surface area contributed by atoms with E-state index in [9.17, 15) is 4.79 Å². The lowest BCUT2D eigenvalue weighted by Crippen LogP contribution is -2.35. The van der Waals surface area contributed by atoms with E-state index in [0.29, 0.717) is 6.54 Å². The van der Waals surface area contributed by atoms with Gasteiger partial charge in [-0.15, -0.1) is 0 Å². The van der Waals surface area contributed by atoms with Crippen LogP contribution in [0.1, 0.15) is 19.4 Å². The zero-order valence-electron chi connectivity index (χ0n) is 14.3. The number of hydrogen-bond donors (Lipinski definition) is 2. The van der Waals surface area contributed by atoms with Crippen LogP contribution in [-0.2, 0) is 6.54 Å². The Morgan fingerprint density at radius 3 is 2.09 bits per heavy atom. The van der Waals surface area contributed by atoms with Crippen molar-refractivity contribution in [1.29, 1.82) is 0 Å². The molecular weight excluding hydrogens is 278 g/mol. The first kappa shape index (κ1) is 17.8. The molecular formula is C16H27N5O. The molecule has 0 bridgehead atoms. The van der Waals surface area contributed by atoms with E-state index in [1.54, 1.807) is 0 Å². The van der Waals surface area contributed by atoms with Crippen LogP contribution in [0.2, 0.25) is 0 Å². The first-order chi connectivity index (χ1) is 10.3. The van der Waals surface area contributed by atoms with Gasteiger partial charge in [-0.1, -0.05) is 12.1 Å². The van der Waals surface area contributed by atoms with Gasteiger partial charge in [-0.2, -0.15) is 0 Å². The van der Waals surface area contributed by atoms with Crippen molar-refractivity contribution < 1.29 is 4.79 Å². The summed E-state index contributed by atoms with van der Waals surface area (Å²) in [5, 5.41) is 5.59. The smallest absolute Gasteiger partial charge is 0.319 e. The number of rotatable bonds is 4. The minimum absolute atomic E-state index is 0.115. The average molecular weight is 305 g/mol. The number of benzene rings is 1. The van der Waals surface area contributed by atoms with Crippen LogP contribution < -0.4 is 10.6 Å². The third-order valence-electron chi connectivity index (χ3n) is 2.83. The summed E-state index contributed by atoms with van der Waals surface area (Å²) in [4.78, 5) is 20.2. The fourth-order valence-electron chi connectivity index (χ4n) is 1.97. The minimum atomic E-state index is -0.191. The van der Waals surface area contributed by atoms with Crippen molar-refractivity contribution in [3.8, 4) is 0 Å². The summed E-state index contributed by atoms with van der Waals surface area (Å²) in [5.41, 5.74) is 1.86. The lowest BCUT2D eigenvalue weighted by molar-refractivity contribution is 0.250. The fourth-order valence-corrected chi connectivity index (χ4v) is 1.97. The number of hydrogen-bond acceptors (Lipinski definition) is 2. The number of carbonyl (C=O) groups excluding carboxylic acids is 1. The maximum Gasteiger partial charge on any atom is 0.319 e. The molecule has 0 aliphatic rings. The Labute approximate surface area is 133 Å². The fraction of sp³-hybridized carbons (Fsp3) is 0.500. The van der Waals surface area contributed by atoms with E-state index < -0.39 is 0 Å². The van der Waals surface area contributed by atoms with E-state index in [4.69, 9.17) is 0 Å². The van der Waals surface area contributed by atoms with Crippen LogP contribution in [0.4, 0.5) is 10.5 Å². The first-order valence-electron chi connectivity index (χ1n) is 7.35. The van der Waals surface area contributed by atoms with Gasteiger partial charge in [0.25, 0.3) is 0 Å². The summed E-state index contributed by atoms with van der Waals surface area (Å²) in [5.74, 6) is 0.915. The van der Waals surface area contributed by atoms with Crippen molar-refractivity contribution in [2.24, 2.45) is 4.99 Å². The third-order valence-corrected chi connectivity index (χ3v) is 2.83. The Morgan fingerprint density at radius 1 is 1.09 bits per heavy atom. The molecule has 0 radical (unpaired) electrons. The molecule has 0 aromatic heterocycles. The Bertz CT molecular complexity index is 496. The molecule has 0 atom stereocenters. The average Bonchev–Trinajstić information content (AvgIpc) is 2.39. The van der Waals surface area contributed by atoms with Crippen LogP contribution in [0.25, 0.3) is 0 Å². The van der Waals surface area contributed by atoms with Crippen molar-refractivity contribution in [2.45, 2.75) is 26.4 Å². The number of anilines is 1. The zero-order valence-corrected chi connectivity index (χ0v) is 14.3. The topological polar surface area (TPSA) is 60.0 Å². The van der Waals surface area contributed by atoms with Gasteiger partial charge in [0, 0.05) is 39.9 Å². The number of amides is 2. The molecule has 22 heavy (non-hydrogen) atoms. The molecule has 1 aromatic carbocycles. The van der Waals surface area contributed by atoms with E-state index in [0.717, 1.165) is 17.2 Å². The molecule has 0 unspecified atom stereocenters. The predicted octanol–water partition coefficient (Wildman–Crippen LogP) is 2.20. The Kier molecular flexibility index (Phi) is 6.69. The summed E-state index contributed by atoms with van der Waals surface area (Å²) < 4.78 is 0. The standard InChI is InChI=1S/C16H27N5O/c1-12(2)18-15(22)19-14-9-7-13(8-10-14)11-17-16(20(3)4)21(5)6/h7-10,12H,11H2,1-6H3,(H2,18,19,22). The van der Waals surface area contributed by atoms with Gasteiger partial charge >= 0.3 is 6.03 Å². The van der Waals surface area contributed by atoms with E-state index >= 15 is 0 Å². The molecule has 0 fully saturated rings. The molecule has 0 heterocycles. The van der Waals surface area contributed by atoms with Gasteiger partial charge < -0.3 is 20.4 Å². The summed E-state index contributed by atoms with van der Waals surface area (Å²) >= 11 is 0. The number of aliphatic imine (C=N–C) groups is 1. The van der Waals surface area contributed by atoms with Gasteiger partial charge in [-0.05, 0) is 31.5 Å². The third kappa shape index (κ3) is 6.03. The van der Waals surface area contributed by atoms with Gasteiger partial charge in [0.2, 0.25) is 0 Å². The second kappa shape index (κ2) is 8.26. The van der Waals surface area contributed by atoms with E-state index in [1.165, 1.54) is 0 Å². The highest BCUT2D eigenvalue weighted by atomic mass is 16.2. The molecule has 1 aromatic rings. The Morgan fingerprint density at radius 2 is 1.64 bits per heavy atom. The second-order valence-electron chi connectivity index (χ2n) is 5.86. The van der Waals surface area contributed by atoms with Gasteiger partial charge in [-0.25, -0.2) is 9.79 Å². The van der Waals surface area contributed by atoms with Gasteiger partial charge in [0.15, 0.2) is 5.96 Å². The number of urea groups is 1. The molecule has 2 amide bonds. The monoisotopic (exact) mass is 305 g/mol. The van der Waals surface area contributed by atoms with Crippen molar-refractivity contribution in [3.05, 3.63) is 29.8 Å². The number of guanidine groups is 1. The number of nitrogens with one attached hydrogen (secondary N) is 2. The van der Waals surface area contributed by atoms with Crippen LogP contribution in [0.5, 0.6) is 0 Å². The molecule has 0 spiro atoms. The lowest BCUT2D eigenvalue weighted by Gasteiger charge is -2.22. The molecule has 0 saturated heterocycles. The maximum atomic E-state index is 11.6. The SMILES string of the molecule is CC(C)NC(=O)Nc1ccc(CN=C(N(C)C)N(C)C)cc1. The molecule has 2 N–H and O–H groups in total. The Balaban J connectivity index is 2.65. The van der Waals surface area contributed by atoms with Gasteiger partial charge in [-0.3, -0.25) is 0 Å². The zero-order chi connectivity index (χ0) is 16.7. The van der Waals surface area contributed by atoms with Crippen molar-refractivity contribution in [3.63, 3.8) is 0 Å². The van der Waals surface area contributed by atoms with Gasteiger partial charge in [0.1, 0.15) is 0 Å². The summed E-state index contributed by atoms with van der Waals surface area (Å²) in [7, 11) is 7.89. The highest BCUT2D eigenvalue weighted by Crippen LogP contribution is 2.10. The summed E-state index contributed by atoms with van der Waals surface area (Å²) in [6, 6.07) is 7.63. The van der Waals surface area contributed by atoms with E-state index in [1.807, 2.05) is 76.1 Å². The van der Waals surface area contributed by atoms with Crippen molar-refractivity contribution in [2.75, 3.05) is 33.5 Å². The predicted molar refractivity (Wildman–Crippen MR) is 92.2 cm³/mol. The summed E-state index contributed by atoms with van der Waals surface area (Å²) in [6.07, 6.45) is 0. The molecule has 6 nitrogen and oxygen atoms in total. The number of nitrogens with zero attached hydrogens (tertiary/aromatic N) is 3. The normalized spacial score (nSPS) is 10.1. The minimum Gasteiger partial charge on any atom is -0.349 e. The number of carbonyl (C=O) groups is 1. The van der Waals surface area contributed by atoms with Crippen LogP contribution >= 0.6 is 0 Å². The van der Waals surface area contributed by atoms with Crippen molar-refractivity contribution >= 4 is 17.7 Å². The van der Waals surface area contributed by atoms with E-state index in [2.05, 4.69) is 15.6 Å². The Hall–Kier alpha value is -2.24. The molecule has 0 saturated carbocycles. The van der Waals surface area contributed by atoms with Gasteiger partial charge in [0.05, 0.1) is 6.54 Å². The molecule has 1 rings (SSSR count). The second-order valence-corrected chi connectivity index (χ2v) is 5.86. The van der Waals surface area contributed by atoms with Crippen molar-refractivity contribution in [1.82, 2.24) is 15.1 Å². The van der Waals surface area contributed by atoms with E-state index in [-0.39, 0.29) is 12.1 Å². The molecule has 122 valence electrons. The largest absolute Gasteiger partial charge is 0.349 e. The summed E-state index contributed by atoms with van der Waals surface area (Å²) in [6.45, 7) is 4.45. The quantitative estimate of drug-likeness (QED) is 0.662. The molecule has 0 aliphatic carbocycles. The highest BCUT2D eigenvalue weighted by Gasteiger charge is 2.05. The maximum absolute atomic E-state index is 11.6. The van der Waals surface area contributed by atoms with Crippen LogP contribution in [0.15, 0.2) is 29.3 Å². The molecule has 0 aliphatic heterocycles. The lowest BCUT2D eigenvalue weighted by atomic mass is 10.2.